The summed E-state index contributed by atoms with van der Waals surface area (Å²) in [6.45, 7) is 3.09. The lowest BCUT2D eigenvalue weighted by Gasteiger charge is -2.28. The molecule has 16 heavy (non-hydrogen) atoms. The van der Waals surface area contributed by atoms with E-state index in [-0.39, 0.29) is 5.41 Å². The second kappa shape index (κ2) is 4.65. The van der Waals surface area contributed by atoms with Crippen molar-refractivity contribution < 1.29 is 8.42 Å². The highest BCUT2D eigenvalue weighted by Gasteiger charge is 2.42. The quantitative estimate of drug-likeness (QED) is 0.775. The van der Waals surface area contributed by atoms with Crippen molar-refractivity contribution in [3.8, 4) is 0 Å². The van der Waals surface area contributed by atoms with E-state index in [1.807, 2.05) is 0 Å². The molecule has 0 spiro atoms. The molecule has 3 nitrogen and oxygen atoms in total. The molecule has 0 radical (unpaired) electrons. The average molecular weight is 245 g/mol. The molecule has 1 N–H and O–H groups in total. The summed E-state index contributed by atoms with van der Waals surface area (Å²) in [5.74, 6) is 0.822. The molecular weight excluding hydrogens is 222 g/mol. The fourth-order valence-electron chi connectivity index (χ4n) is 2.61. The van der Waals surface area contributed by atoms with Crippen LogP contribution in [0, 0.1) is 5.41 Å². The van der Waals surface area contributed by atoms with Crippen LogP contribution in [-0.2, 0) is 9.84 Å². The van der Waals surface area contributed by atoms with Gasteiger partial charge < -0.3 is 5.32 Å². The van der Waals surface area contributed by atoms with E-state index in [1.54, 1.807) is 0 Å². The third-order valence-electron chi connectivity index (χ3n) is 3.87. The van der Waals surface area contributed by atoms with Gasteiger partial charge in [-0.2, -0.15) is 0 Å². The highest BCUT2D eigenvalue weighted by atomic mass is 32.2. The molecule has 0 aromatic rings. The zero-order chi connectivity index (χ0) is 11.6. The summed E-state index contributed by atoms with van der Waals surface area (Å²) >= 11 is 0. The Bertz CT molecular complexity index is 335. The predicted octanol–water partition coefficient (Wildman–Crippen LogP) is 1.73. The van der Waals surface area contributed by atoms with Gasteiger partial charge in [-0.25, -0.2) is 8.42 Å². The van der Waals surface area contributed by atoms with Crippen LogP contribution in [0.4, 0.5) is 0 Å². The molecule has 2 rings (SSSR count). The number of nitrogens with one attached hydrogen (secondary N) is 1. The topological polar surface area (TPSA) is 46.2 Å². The molecule has 94 valence electrons. The molecule has 1 unspecified atom stereocenters. The number of unbranched alkanes of at least 4 members (excludes halogenated alkanes) is 1. The number of sulfone groups is 1. The standard InChI is InChI=1S/C12H23NO2S/c1-2-3-6-12(9-13-11-4-5-11)7-8-16(14,15)10-12/h11,13H,2-10H2,1H3. The summed E-state index contributed by atoms with van der Waals surface area (Å²) in [7, 11) is -2.75. The van der Waals surface area contributed by atoms with Crippen molar-refractivity contribution in [1.29, 1.82) is 0 Å². The number of hydrogen-bond acceptors (Lipinski definition) is 3. The van der Waals surface area contributed by atoms with Crippen molar-refractivity contribution in [3.05, 3.63) is 0 Å². The summed E-state index contributed by atoms with van der Waals surface area (Å²) < 4.78 is 23.3. The minimum Gasteiger partial charge on any atom is -0.313 e. The van der Waals surface area contributed by atoms with Crippen LogP contribution in [-0.4, -0.2) is 32.5 Å². The maximum absolute atomic E-state index is 11.6. The van der Waals surface area contributed by atoms with Crippen LogP contribution < -0.4 is 5.32 Å². The Morgan fingerprint density at radius 2 is 2.12 bits per heavy atom. The fraction of sp³-hybridized carbons (Fsp3) is 1.00. The highest BCUT2D eigenvalue weighted by Crippen LogP contribution is 2.37. The Hall–Kier alpha value is -0.0900. The van der Waals surface area contributed by atoms with Crippen molar-refractivity contribution >= 4 is 9.84 Å². The molecule has 2 aliphatic rings. The van der Waals surface area contributed by atoms with Crippen LogP contribution in [0.2, 0.25) is 0 Å². The SMILES string of the molecule is CCCCC1(CNC2CC2)CCS(=O)(=O)C1. The first-order valence-corrected chi connectivity index (χ1v) is 8.31. The van der Waals surface area contributed by atoms with E-state index >= 15 is 0 Å². The molecule has 1 aliphatic heterocycles. The Morgan fingerprint density at radius 1 is 1.38 bits per heavy atom. The number of rotatable bonds is 6. The Kier molecular flexibility index (Phi) is 3.59. The first-order valence-electron chi connectivity index (χ1n) is 6.49. The normalized spacial score (nSPS) is 33.1. The van der Waals surface area contributed by atoms with E-state index in [1.165, 1.54) is 12.8 Å². The summed E-state index contributed by atoms with van der Waals surface area (Å²) in [5.41, 5.74) is 0.0530. The summed E-state index contributed by atoms with van der Waals surface area (Å²) in [6, 6.07) is 0.682. The molecule has 1 heterocycles. The van der Waals surface area contributed by atoms with Gasteiger partial charge in [-0.15, -0.1) is 0 Å². The zero-order valence-electron chi connectivity index (χ0n) is 10.2. The summed E-state index contributed by atoms with van der Waals surface area (Å²) in [5, 5.41) is 3.52. The molecule has 4 heteroatoms. The predicted molar refractivity (Wildman–Crippen MR) is 66.3 cm³/mol. The second-order valence-corrected chi connectivity index (χ2v) is 7.78. The molecule has 0 aromatic carbocycles. The average Bonchev–Trinajstić information content (AvgIpc) is 3.00. The van der Waals surface area contributed by atoms with Crippen LogP contribution in [0.15, 0.2) is 0 Å². The van der Waals surface area contributed by atoms with E-state index in [4.69, 9.17) is 0 Å². The zero-order valence-corrected chi connectivity index (χ0v) is 11.0. The monoisotopic (exact) mass is 245 g/mol. The van der Waals surface area contributed by atoms with Gasteiger partial charge in [0, 0.05) is 12.6 Å². The minimum absolute atomic E-state index is 0.0530. The Labute approximate surface area is 98.9 Å². The van der Waals surface area contributed by atoms with Gasteiger partial charge in [0.15, 0.2) is 9.84 Å². The lowest BCUT2D eigenvalue weighted by atomic mass is 9.82. The van der Waals surface area contributed by atoms with Gasteiger partial charge in [0.25, 0.3) is 0 Å². The van der Waals surface area contributed by atoms with Crippen molar-refractivity contribution in [2.45, 2.75) is 51.5 Å². The van der Waals surface area contributed by atoms with Gasteiger partial charge in [-0.1, -0.05) is 19.8 Å². The van der Waals surface area contributed by atoms with Gasteiger partial charge in [0.2, 0.25) is 0 Å². The van der Waals surface area contributed by atoms with Crippen molar-refractivity contribution in [2.75, 3.05) is 18.1 Å². The lowest BCUT2D eigenvalue weighted by Crippen LogP contribution is -2.36. The van der Waals surface area contributed by atoms with Gasteiger partial charge in [-0.3, -0.25) is 0 Å². The molecule has 0 bridgehead atoms. The van der Waals surface area contributed by atoms with Crippen LogP contribution in [0.3, 0.4) is 0 Å². The largest absolute Gasteiger partial charge is 0.313 e. The molecule has 2 fully saturated rings. The molecule has 0 aromatic heterocycles. The van der Waals surface area contributed by atoms with Crippen LogP contribution in [0.5, 0.6) is 0 Å². The first-order chi connectivity index (χ1) is 7.55. The molecular formula is C12H23NO2S. The third kappa shape index (κ3) is 3.20. The van der Waals surface area contributed by atoms with Gasteiger partial charge >= 0.3 is 0 Å². The van der Waals surface area contributed by atoms with Crippen LogP contribution in [0.1, 0.15) is 45.4 Å². The van der Waals surface area contributed by atoms with E-state index in [0.717, 1.165) is 32.2 Å². The van der Waals surface area contributed by atoms with Gasteiger partial charge in [0.05, 0.1) is 11.5 Å². The molecule has 1 atom stereocenters. The minimum atomic E-state index is -2.75. The maximum atomic E-state index is 11.6. The maximum Gasteiger partial charge on any atom is 0.150 e. The smallest absolute Gasteiger partial charge is 0.150 e. The van der Waals surface area contributed by atoms with E-state index < -0.39 is 9.84 Å². The summed E-state index contributed by atoms with van der Waals surface area (Å²) in [4.78, 5) is 0. The lowest BCUT2D eigenvalue weighted by molar-refractivity contribution is 0.280. The Morgan fingerprint density at radius 3 is 2.62 bits per heavy atom. The van der Waals surface area contributed by atoms with E-state index in [2.05, 4.69) is 12.2 Å². The second-order valence-electron chi connectivity index (χ2n) is 5.60. The summed E-state index contributed by atoms with van der Waals surface area (Å²) in [6.07, 6.45) is 6.80. The van der Waals surface area contributed by atoms with Crippen molar-refractivity contribution in [3.63, 3.8) is 0 Å². The Balaban J connectivity index is 1.94. The molecule has 1 saturated heterocycles. The fourth-order valence-corrected chi connectivity index (χ4v) is 4.82. The molecule has 1 aliphatic carbocycles. The first kappa shape index (κ1) is 12.4. The highest BCUT2D eigenvalue weighted by molar-refractivity contribution is 7.91. The third-order valence-corrected chi connectivity index (χ3v) is 5.75. The van der Waals surface area contributed by atoms with Gasteiger partial charge in [-0.05, 0) is 31.1 Å². The van der Waals surface area contributed by atoms with E-state index in [9.17, 15) is 8.42 Å². The van der Waals surface area contributed by atoms with Gasteiger partial charge in [0.1, 0.15) is 0 Å². The molecule has 1 saturated carbocycles. The van der Waals surface area contributed by atoms with Crippen LogP contribution in [0.25, 0.3) is 0 Å². The number of hydrogen-bond donors (Lipinski definition) is 1. The van der Waals surface area contributed by atoms with E-state index in [0.29, 0.717) is 17.5 Å². The van der Waals surface area contributed by atoms with Crippen LogP contribution >= 0.6 is 0 Å². The molecule has 0 amide bonds. The van der Waals surface area contributed by atoms with Crippen molar-refractivity contribution in [1.82, 2.24) is 5.32 Å². The van der Waals surface area contributed by atoms with Crippen molar-refractivity contribution in [2.24, 2.45) is 5.41 Å².